The predicted octanol–water partition coefficient (Wildman–Crippen LogP) is 5.14. The van der Waals surface area contributed by atoms with Gasteiger partial charge in [0.25, 0.3) is 0 Å². The number of halogens is 2. The van der Waals surface area contributed by atoms with Crippen LogP contribution in [0.25, 0.3) is 0 Å². The molecule has 1 unspecified atom stereocenters. The Bertz CT molecular complexity index is 373. The summed E-state index contributed by atoms with van der Waals surface area (Å²) in [5.74, 6) is 1.49. The molecule has 19 heavy (non-hydrogen) atoms. The first-order valence-corrected chi connectivity index (χ1v) is 8.48. The van der Waals surface area contributed by atoms with Crippen molar-refractivity contribution in [3.05, 3.63) is 26.6 Å². The molecule has 0 spiro atoms. The fraction of sp³-hybridized carbons (Fsp3) is 0.600. The third-order valence-corrected chi connectivity index (χ3v) is 4.11. The van der Waals surface area contributed by atoms with Crippen LogP contribution in [0.3, 0.4) is 0 Å². The maximum absolute atomic E-state index is 5.93. The Kier molecular flexibility index (Phi) is 8.03. The Labute approximate surface area is 133 Å². The van der Waals surface area contributed by atoms with Crippen molar-refractivity contribution in [1.29, 1.82) is 0 Å². The summed E-state index contributed by atoms with van der Waals surface area (Å²) in [6, 6.07) is 4.24. The fourth-order valence-corrected chi connectivity index (χ4v) is 3.43. The molecule has 0 radical (unpaired) electrons. The van der Waals surface area contributed by atoms with Crippen LogP contribution in [0.2, 0.25) is 0 Å². The van der Waals surface area contributed by atoms with Crippen LogP contribution >= 0.6 is 31.9 Å². The lowest BCUT2D eigenvalue weighted by molar-refractivity contribution is 0.249. The van der Waals surface area contributed by atoms with Crippen LogP contribution in [0.15, 0.2) is 21.1 Å². The van der Waals surface area contributed by atoms with Gasteiger partial charge in [-0.25, -0.2) is 0 Å². The Morgan fingerprint density at radius 3 is 2.37 bits per heavy atom. The van der Waals surface area contributed by atoms with Gasteiger partial charge in [-0.2, -0.15) is 0 Å². The second kappa shape index (κ2) is 8.98. The van der Waals surface area contributed by atoms with Gasteiger partial charge in [0, 0.05) is 6.54 Å². The molecule has 1 atom stereocenters. The molecule has 0 heterocycles. The van der Waals surface area contributed by atoms with Crippen LogP contribution < -0.4 is 10.1 Å². The van der Waals surface area contributed by atoms with E-state index in [1.807, 2.05) is 0 Å². The predicted molar refractivity (Wildman–Crippen MR) is 88.8 cm³/mol. The van der Waals surface area contributed by atoms with E-state index in [-0.39, 0.29) is 0 Å². The third kappa shape index (κ3) is 5.84. The van der Waals surface area contributed by atoms with Gasteiger partial charge in [0.15, 0.2) is 0 Å². The Hall–Kier alpha value is -0.0600. The van der Waals surface area contributed by atoms with E-state index in [1.165, 1.54) is 18.4 Å². The van der Waals surface area contributed by atoms with Gasteiger partial charge in [-0.1, -0.05) is 27.2 Å². The fourth-order valence-electron chi connectivity index (χ4n) is 1.92. The number of benzene rings is 1. The van der Waals surface area contributed by atoms with Gasteiger partial charge in [0.2, 0.25) is 0 Å². The lowest BCUT2D eigenvalue weighted by atomic mass is 10.1. The van der Waals surface area contributed by atoms with Gasteiger partial charge in [-0.15, -0.1) is 0 Å². The Morgan fingerprint density at radius 2 is 1.84 bits per heavy atom. The zero-order valence-electron chi connectivity index (χ0n) is 11.9. The zero-order chi connectivity index (χ0) is 14.3. The van der Waals surface area contributed by atoms with Gasteiger partial charge in [-0.05, 0) is 68.4 Å². The molecular formula is C15H23Br2NO. The molecule has 108 valence electrons. The summed E-state index contributed by atoms with van der Waals surface area (Å²) < 4.78 is 7.95. The highest BCUT2D eigenvalue weighted by Gasteiger charge is 2.10. The van der Waals surface area contributed by atoms with E-state index < -0.39 is 0 Å². The van der Waals surface area contributed by atoms with Crippen molar-refractivity contribution in [3.63, 3.8) is 0 Å². The monoisotopic (exact) mass is 391 g/mol. The summed E-state index contributed by atoms with van der Waals surface area (Å²) in [6.45, 7) is 9.15. The highest BCUT2D eigenvalue weighted by Crippen LogP contribution is 2.35. The molecule has 2 nitrogen and oxygen atoms in total. The van der Waals surface area contributed by atoms with Crippen LogP contribution in [0.1, 0.15) is 39.2 Å². The van der Waals surface area contributed by atoms with Crippen LogP contribution in [0, 0.1) is 5.92 Å². The lowest BCUT2D eigenvalue weighted by Crippen LogP contribution is -2.12. The van der Waals surface area contributed by atoms with Crippen molar-refractivity contribution < 1.29 is 4.74 Å². The molecule has 0 saturated heterocycles. The number of ether oxygens (including phenoxy) is 1. The third-order valence-electron chi connectivity index (χ3n) is 2.93. The largest absolute Gasteiger partial charge is 0.491 e. The first kappa shape index (κ1) is 17.0. The minimum absolute atomic E-state index is 0.588. The summed E-state index contributed by atoms with van der Waals surface area (Å²) >= 11 is 7.19. The second-order valence-corrected chi connectivity index (χ2v) is 6.58. The van der Waals surface area contributed by atoms with E-state index >= 15 is 0 Å². The lowest BCUT2D eigenvalue weighted by Gasteiger charge is -2.15. The van der Waals surface area contributed by atoms with Gasteiger partial charge >= 0.3 is 0 Å². The number of rotatable bonds is 8. The average Bonchev–Trinajstić information content (AvgIpc) is 2.35. The van der Waals surface area contributed by atoms with Crippen molar-refractivity contribution in [2.24, 2.45) is 5.92 Å². The van der Waals surface area contributed by atoms with Gasteiger partial charge in [-0.3, -0.25) is 0 Å². The molecule has 0 aliphatic heterocycles. The zero-order valence-corrected chi connectivity index (χ0v) is 15.1. The van der Waals surface area contributed by atoms with Crippen LogP contribution in [-0.4, -0.2) is 13.2 Å². The van der Waals surface area contributed by atoms with Gasteiger partial charge in [0.05, 0.1) is 15.6 Å². The van der Waals surface area contributed by atoms with Crippen molar-refractivity contribution in [2.75, 3.05) is 13.2 Å². The molecule has 4 heteroatoms. The van der Waals surface area contributed by atoms with Gasteiger partial charge < -0.3 is 10.1 Å². The molecule has 0 aliphatic rings. The summed E-state index contributed by atoms with van der Waals surface area (Å²) in [4.78, 5) is 0. The highest BCUT2D eigenvalue weighted by molar-refractivity contribution is 9.11. The second-order valence-electron chi connectivity index (χ2n) is 4.87. The molecule has 0 amide bonds. The van der Waals surface area contributed by atoms with Crippen LogP contribution in [-0.2, 0) is 6.54 Å². The molecule has 1 aromatic carbocycles. The van der Waals surface area contributed by atoms with E-state index in [4.69, 9.17) is 4.74 Å². The molecule has 0 saturated carbocycles. The SMILES string of the molecule is CCCC(C)COc1c(Br)cc(CNCC)cc1Br. The van der Waals surface area contributed by atoms with E-state index in [0.717, 1.165) is 34.4 Å². The minimum atomic E-state index is 0.588. The standard InChI is InChI=1S/C15H23Br2NO/c1-4-6-11(3)10-19-15-13(16)7-12(8-14(15)17)9-18-5-2/h7-8,11,18H,4-6,9-10H2,1-3H3. The Morgan fingerprint density at radius 1 is 1.21 bits per heavy atom. The molecule has 0 aliphatic carbocycles. The minimum Gasteiger partial charge on any atom is -0.491 e. The number of nitrogens with one attached hydrogen (secondary N) is 1. The van der Waals surface area contributed by atoms with Crippen LogP contribution in [0.5, 0.6) is 5.75 Å². The molecule has 0 aromatic heterocycles. The summed E-state index contributed by atoms with van der Waals surface area (Å²) in [5.41, 5.74) is 1.24. The average molecular weight is 393 g/mol. The van der Waals surface area contributed by atoms with Gasteiger partial charge in [0.1, 0.15) is 5.75 Å². The summed E-state index contributed by atoms with van der Waals surface area (Å²) in [5, 5.41) is 3.32. The van der Waals surface area contributed by atoms with E-state index in [9.17, 15) is 0 Å². The van der Waals surface area contributed by atoms with Crippen LogP contribution in [0.4, 0.5) is 0 Å². The molecular weight excluding hydrogens is 370 g/mol. The van der Waals surface area contributed by atoms with Crippen molar-refractivity contribution in [3.8, 4) is 5.75 Å². The van der Waals surface area contributed by atoms with E-state index in [2.05, 4.69) is 70.1 Å². The van der Waals surface area contributed by atoms with E-state index in [1.54, 1.807) is 0 Å². The summed E-state index contributed by atoms with van der Waals surface area (Å²) in [7, 11) is 0. The first-order chi connectivity index (χ1) is 9.08. The number of hydrogen-bond donors (Lipinski definition) is 1. The molecule has 0 fully saturated rings. The smallest absolute Gasteiger partial charge is 0.147 e. The number of hydrogen-bond acceptors (Lipinski definition) is 2. The molecule has 1 rings (SSSR count). The van der Waals surface area contributed by atoms with Crippen molar-refractivity contribution in [2.45, 2.75) is 40.2 Å². The molecule has 1 N–H and O–H groups in total. The summed E-state index contributed by atoms with van der Waals surface area (Å²) in [6.07, 6.45) is 2.40. The first-order valence-electron chi connectivity index (χ1n) is 6.89. The highest BCUT2D eigenvalue weighted by atomic mass is 79.9. The molecule has 0 bridgehead atoms. The van der Waals surface area contributed by atoms with E-state index in [0.29, 0.717) is 5.92 Å². The molecule has 1 aromatic rings. The quantitative estimate of drug-likeness (QED) is 0.661. The maximum atomic E-state index is 5.93. The topological polar surface area (TPSA) is 21.3 Å². The normalized spacial score (nSPS) is 12.5. The van der Waals surface area contributed by atoms with Crippen molar-refractivity contribution >= 4 is 31.9 Å². The maximum Gasteiger partial charge on any atom is 0.147 e. The Balaban J connectivity index is 2.68. The van der Waals surface area contributed by atoms with Crippen molar-refractivity contribution in [1.82, 2.24) is 5.32 Å².